The van der Waals surface area contributed by atoms with Gasteiger partial charge in [-0.3, -0.25) is 4.79 Å². The van der Waals surface area contributed by atoms with E-state index in [1.165, 1.54) is 0 Å². The van der Waals surface area contributed by atoms with E-state index in [-0.39, 0.29) is 18.1 Å². The zero-order valence-corrected chi connectivity index (χ0v) is 15.1. The second-order valence-electron chi connectivity index (χ2n) is 5.58. The maximum atomic E-state index is 12.1. The van der Waals surface area contributed by atoms with E-state index in [0.29, 0.717) is 6.54 Å². The fourth-order valence-corrected chi connectivity index (χ4v) is 4.03. The molecule has 1 amide bonds. The molecule has 7 heteroatoms. The molecule has 0 saturated heterocycles. The van der Waals surface area contributed by atoms with Crippen LogP contribution in [-0.4, -0.2) is 35.3 Å². The molecule has 1 atom stereocenters. The van der Waals surface area contributed by atoms with E-state index in [9.17, 15) is 9.59 Å². The number of thiol groups is 1. The van der Waals surface area contributed by atoms with Gasteiger partial charge in [-0.2, -0.15) is 12.6 Å². The summed E-state index contributed by atoms with van der Waals surface area (Å²) >= 11 is 5.67. The molecule has 25 heavy (non-hydrogen) atoms. The molecule has 1 aliphatic rings. The molecule has 0 aliphatic carbocycles. The lowest BCUT2D eigenvalue weighted by Gasteiger charge is -2.32. The first kappa shape index (κ1) is 17.7. The van der Waals surface area contributed by atoms with Crippen molar-refractivity contribution in [1.29, 1.82) is 0 Å². The van der Waals surface area contributed by atoms with Crippen molar-refractivity contribution in [3.63, 3.8) is 0 Å². The largest absolute Gasteiger partial charge is 0.480 e. The van der Waals surface area contributed by atoms with E-state index >= 15 is 0 Å². The number of carbonyl (C=O) groups excluding carboxylic acids is 1. The lowest BCUT2D eigenvalue weighted by molar-refractivity contribution is -0.141. The molecular formula is C18H18N2O3S2. The second-order valence-corrected chi connectivity index (χ2v) is 7.03. The van der Waals surface area contributed by atoms with Crippen molar-refractivity contribution in [2.75, 3.05) is 17.2 Å². The Kier molecular flexibility index (Phi) is 5.55. The van der Waals surface area contributed by atoms with Crippen molar-refractivity contribution in [1.82, 2.24) is 5.32 Å². The van der Waals surface area contributed by atoms with Crippen LogP contribution in [0.1, 0.15) is 6.42 Å². The summed E-state index contributed by atoms with van der Waals surface area (Å²) in [5.41, 5.74) is 2.12. The highest BCUT2D eigenvalue weighted by Crippen LogP contribution is 2.47. The van der Waals surface area contributed by atoms with Gasteiger partial charge in [0.05, 0.1) is 11.4 Å². The molecule has 2 aromatic rings. The monoisotopic (exact) mass is 374 g/mol. The first-order valence-electron chi connectivity index (χ1n) is 7.86. The Morgan fingerprint density at radius 1 is 1.08 bits per heavy atom. The summed E-state index contributed by atoms with van der Waals surface area (Å²) in [4.78, 5) is 27.6. The summed E-state index contributed by atoms with van der Waals surface area (Å²) in [5, 5.41) is 11.5. The van der Waals surface area contributed by atoms with Crippen LogP contribution in [0.5, 0.6) is 0 Å². The normalized spacial score (nSPS) is 13.6. The van der Waals surface area contributed by atoms with Gasteiger partial charge in [0.1, 0.15) is 6.04 Å². The van der Waals surface area contributed by atoms with Crippen LogP contribution in [0, 0.1) is 0 Å². The number of nitrogens with zero attached hydrogens (tertiary/aromatic N) is 1. The van der Waals surface area contributed by atoms with Crippen LogP contribution >= 0.6 is 24.4 Å². The predicted molar refractivity (Wildman–Crippen MR) is 102 cm³/mol. The molecule has 2 N–H and O–H groups in total. The van der Waals surface area contributed by atoms with Crippen molar-refractivity contribution in [2.24, 2.45) is 0 Å². The number of carbonyl (C=O) groups is 2. The number of hydrogen-bond donors (Lipinski definition) is 3. The molecule has 1 aliphatic heterocycles. The number of para-hydroxylation sites is 2. The molecule has 2 aromatic carbocycles. The Labute approximate surface area is 155 Å². The number of carboxylic acids is 1. The minimum atomic E-state index is -1.08. The molecule has 0 fully saturated rings. The molecule has 130 valence electrons. The predicted octanol–water partition coefficient (Wildman–Crippen LogP) is 3.18. The third-order valence-corrected chi connectivity index (χ3v) is 5.41. The number of anilines is 2. The van der Waals surface area contributed by atoms with Gasteiger partial charge in [-0.1, -0.05) is 36.0 Å². The number of rotatable bonds is 6. The fraction of sp³-hybridized carbons (Fsp3) is 0.222. The summed E-state index contributed by atoms with van der Waals surface area (Å²) in [7, 11) is 0. The number of benzene rings is 2. The van der Waals surface area contributed by atoms with Gasteiger partial charge in [0.25, 0.3) is 0 Å². The molecule has 0 unspecified atom stereocenters. The van der Waals surface area contributed by atoms with E-state index < -0.39 is 12.0 Å². The van der Waals surface area contributed by atoms with Crippen LogP contribution in [-0.2, 0) is 9.59 Å². The van der Waals surface area contributed by atoms with Crippen LogP contribution in [0.4, 0.5) is 11.4 Å². The first-order chi connectivity index (χ1) is 12.1. The number of nitrogens with one attached hydrogen (secondary N) is 1. The Morgan fingerprint density at radius 3 is 2.16 bits per heavy atom. The topological polar surface area (TPSA) is 69.6 Å². The lowest BCUT2D eigenvalue weighted by atomic mass is 10.2. The Hall–Kier alpha value is -2.12. The van der Waals surface area contributed by atoms with Gasteiger partial charge in [0, 0.05) is 28.5 Å². The van der Waals surface area contributed by atoms with Gasteiger partial charge in [-0.15, -0.1) is 0 Å². The summed E-state index contributed by atoms with van der Waals surface area (Å²) in [6.45, 7) is 0.472. The van der Waals surface area contributed by atoms with Crippen molar-refractivity contribution in [3.05, 3.63) is 48.5 Å². The van der Waals surface area contributed by atoms with Crippen molar-refractivity contribution in [2.45, 2.75) is 22.3 Å². The van der Waals surface area contributed by atoms with E-state index in [1.807, 2.05) is 36.4 Å². The molecular weight excluding hydrogens is 356 g/mol. The average Bonchev–Trinajstić information content (AvgIpc) is 2.62. The fourth-order valence-electron chi connectivity index (χ4n) is 2.69. The maximum absolute atomic E-state index is 12.1. The van der Waals surface area contributed by atoms with Crippen molar-refractivity contribution in [3.8, 4) is 0 Å². The number of aliphatic carboxylic acids is 1. The Morgan fingerprint density at radius 2 is 1.64 bits per heavy atom. The molecule has 0 radical (unpaired) electrons. The van der Waals surface area contributed by atoms with Crippen LogP contribution in [0.15, 0.2) is 58.3 Å². The zero-order valence-electron chi connectivity index (χ0n) is 13.4. The SMILES string of the molecule is O=C(CCN1c2ccccc2Sc2ccccc21)N[C@@H](CS)C(=O)O. The van der Waals surface area contributed by atoms with E-state index in [0.717, 1.165) is 21.2 Å². The molecule has 3 rings (SSSR count). The average molecular weight is 374 g/mol. The third kappa shape index (κ3) is 3.93. The maximum Gasteiger partial charge on any atom is 0.327 e. The van der Waals surface area contributed by atoms with Gasteiger partial charge < -0.3 is 15.3 Å². The number of carboxylic acid groups (broad SMARTS) is 1. The highest BCUT2D eigenvalue weighted by molar-refractivity contribution is 7.99. The van der Waals surface area contributed by atoms with Gasteiger partial charge in [-0.05, 0) is 24.3 Å². The molecule has 5 nitrogen and oxygen atoms in total. The molecule has 0 aromatic heterocycles. The molecule has 1 heterocycles. The summed E-state index contributed by atoms with van der Waals surface area (Å²) in [6.07, 6.45) is 0.199. The quantitative estimate of drug-likeness (QED) is 0.678. The van der Waals surface area contributed by atoms with Gasteiger partial charge in [-0.25, -0.2) is 4.79 Å². The molecule has 0 bridgehead atoms. The third-order valence-electron chi connectivity index (χ3n) is 3.91. The molecule has 0 spiro atoms. The van der Waals surface area contributed by atoms with Gasteiger partial charge >= 0.3 is 5.97 Å². The Balaban J connectivity index is 1.76. The minimum absolute atomic E-state index is 0.0626. The van der Waals surface area contributed by atoms with Crippen LogP contribution in [0.25, 0.3) is 0 Å². The van der Waals surface area contributed by atoms with E-state index in [4.69, 9.17) is 5.11 Å². The van der Waals surface area contributed by atoms with Crippen molar-refractivity contribution >= 4 is 47.6 Å². The highest BCUT2D eigenvalue weighted by Gasteiger charge is 2.24. The van der Waals surface area contributed by atoms with E-state index in [2.05, 4.69) is 35.0 Å². The number of amides is 1. The van der Waals surface area contributed by atoms with Gasteiger partial charge in [0.15, 0.2) is 0 Å². The van der Waals surface area contributed by atoms with Crippen LogP contribution in [0.3, 0.4) is 0 Å². The number of fused-ring (bicyclic) bond motifs is 2. The first-order valence-corrected chi connectivity index (χ1v) is 9.31. The lowest BCUT2D eigenvalue weighted by Crippen LogP contribution is -2.43. The van der Waals surface area contributed by atoms with Crippen LogP contribution < -0.4 is 10.2 Å². The summed E-state index contributed by atoms with van der Waals surface area (Å²) < 4.78 is 0. The highest BCUT2D eigenvalue weighted by atomic mass is 32.2. The smallest absolute Gasteiger partial charge is 0.327 e. The van der Waals surface area contributed by atoms with E-state index in [1.54, 1.807) is 11.8 Å². The van der Waals surface area contributed by atoms with Crippen molar-refractivity contribution < 1.29 is 14.7 Å². The number of hydrogen-bond acceptors (Lipinski definition) is 5. The standard InChI is InChI=1S/C18H18N2O3S2/c21-17(19-12(11-24)18(22)23)9-10-20-13-5-1-3-7-15(13)25-16-8-4-2-6-14(16)20/h1-8,12,24H,9-11H2,(H,19,21)(H,22,23)/t12-/m0/s1. The second kappa shape index (κ2) is 7.84. The summed E-state index contributed by atoms with van der Waals surface area (Å²) in [6, 6.07) is 15.2. The summed E-state index contributed by atoms with van der Waals surface area (Å²) in [5.74, 6) is -1.31. The Bertz CT molecular complexity index is 752. The van der Waals surface area contributed by atoms with Gasteiger partial charge in [0.2, 0.25) is 5.91 Å². The van der Waals surface area contributed by atoms with Crippen LogP contribution in [0.2, 0.25) is 0 Å². The zero-order chi connectivity index (χ0) is 17.8. The molecule has 0 saturated carbocycles. The minimum Gasteiger partial charge on any atom is -0.480 e.